The Kier molecular flexibility index (Phi) is 6.00. The van der Waals surface area contributed by atoms with Crippen LogP contribution in [0.2, 0.25) is 5.02 Å². The van der Waals surface area contributed by atoms with Gasteiger partial charge in [-0.2, -0.15) is 0 Å². The van der Waals surface area contributed by atoms with E-state index in [4.69, 9.17) is 30.5 Å². The molecule has 0 saturated heterocycles. The molecule has 0 spiro atoms. The summed E-state index contributed by atoms with van der Waals surface area (Å²) in [5.41, 5.74) is 0.800. The molecule has 0 aliphatic carbocycles. The van der Waals surface area contributed by atoms with Crippen LogP contribution in [0, 0.1) is 0 Å². The van der Waals surface area contributed by atoms with Gasteiger partial charge in [0.1, 0.15) is 6.61 Å². The van der Waals surface area contributed by atoms with Gasteiger partial charge < -0.3 is 23.8 Å². The maximum absolute atomic E-state index is 12.9. The van der Waals surface area contributed by atoms with Gasteiger partial charge in [0, 0.05) is 13.0 Å². The van der Waals surface area contributed by atoms with Crippen LogP contribution in [-0.2, 0) is 11.2 Å². The Bertz CT molecular complexity index is 888. The number of fused-ring (bicyclic) bond motifs is 2. The number of hydrogen-bond donors (Lipinski definition) is 0. The maximum atomic E-state index is 12.9. The lowest BCUT2D eigenvalue weighted by Gasteiger charge is -2.31. The lowest BCUT2D eigenvalue weighted by Crippen LogP contribution is -2.44. The Balaban J connectivity index is 1.42. The number of rotatable bonds is 5. The van der Waals surface area contributed by atoms with Crippen molar-refractivity contribution in [2.24, 2.45) is 0 Å². The van der Waals surface area contributed by atoms with E-state index < -0.39 is 0 Å². The first-order valence-electron chi connectivity index (χ1n) is 9.88. The number of carbonyl (C=O) groups excluding carboxylic acids is 1. The summed E-state index contributed by atoms with van der Waals surface area (Å²) >= 11 is 6.35. The van der Waals surface area contributed by atoms with Crippen LogP contribution in [0.3, 0.4) is 0 Å². The van der Waals surface area contributed by atoms with Crippen molar-refractivity contribution in [1.82, 2.24) is 4.90 Å². The summed E-state index contributed by atoms with van der Waals surface area (Å²) in [6, 6.07) is 11.2. The number of nitrogens with zero attached hydrogens (tertiary/aromatic N) is 1. The minimum absolute atomic E-state index is 0.000477. The van der Waals surface area contributed by atoms with E-state index >= 15 is 0 Å². The van der Waals surface area contributed by atoms with Crippen LogP contribution in [0.25, 0.3) is 0 Å². The van der Waals surface area contributed by atoms with Gasteiger partial charge in [0.05, 0.1) is 31.2 Å². The van der Waals surface area contributed by atoms with Crippen LogP contribution in [0.1, 0.15) is 18.9 Å². The summed E-state index contributed by atoms with van der Waals surface area (Å²) in [5.74, 6) is 2.60. The number of carbonyl (C=O) groups is 1. The van der Waals surface area contributed by atoms with E-state index in [0.717, 1.165) is 17.7 Å². The zero-order chi connectivity index (χ0) is 20.2. The molecule has 2 heterocycles. The minimum atomic E-state index is -0.207. The predicted octanol–water partition coefficient (Wildman–Crippen LogP) is 3.73. The molecule has 1 atom stereocenters. The topological polar surface area (TPSA) is 57.2 Å². The molecule has 2 aromatic rings. The van der Waals surface area contributed by atoms with Gasteiger partial charge in [0.15, 0.2) is 29.1 Å². The third-order valence-corrected chi connectivity index (χ3v) is 5.22. The fourth-order valence-electron chi connectivity index (χ4n) is 3.48. The van der Waals surface area contributed by atoms with Crippen LogP contribution in [0.15, 0.2) is 36.4 Å². The number of hydrogen-bond acceptors (Lipinski definition) is 5. The van der Waals surface area contributed by atoms with E-state index in [1.54, 1.807) is 11.0 Å². The van der Waals surface area contributed by atoms with Crippen LogP contribution in [0.4, 0.5) is 0 Å². The van der Waals surface area contributed by atoms with Crippen molar-refractivity contribution in [2.45, 2.75) is 25.9 Å². The molecule has 0 fully saturated rings. The molecule has 4 rings (SSSR count). The lowest BCUT2D eigenvalue weighted by molar-refractivity contribution is -0.131. The second-order valence-electron chi connectivity index (χ2n) is 7.06. The first-order chi connectivity index (χ1) is 14.1. The van der Waals surface area contributed by atoms with Gasteiger partial charge in [-0.05, 0) is 36.8 Å². The van der Waals surface area contributed by atoms with E-state index in [-0.39, 0.29) is 18.4 Å². The number of amides is 1. The molecule has 154 valence electrons. The second-order valence-corrected chi connectivity index (χ2v) is 7.47. The standard InChI is InChI=1S/C22H24ClNO5/c1-2-24(13-16-14-28-18-6-3-4-7-19(18)29-16)21(25)12-15-10-17(23)22-20(11-15)26-8-5-9-27-22/h3-4,6-7,10-11,16H,2,5,8-9,12-14H2,1H3. The van der Waals surface area contributed by atoms with Gasteiger partial charge in [0.25, 0.3) is 0 Å². The van der Waals surface area contributed by atoms with E-state index in [2.05, 4.69) is 0 Å². The summed E-state index contributed by atoms with van der Waals surface area (Å²) in [4.78, 5) is 14.7. The Morgan fingerprint density at radius 3 is 2.72 bits per heavy atom. The van der Waals surface area contributed by atoms with E-state index in [1.807, 2.05) is 37.3 Å². The first-order valence-corrected chi connectivity index (χ1v) is 10.3. The van der Waals surface area contributed by atoms with Crippen LogP contribution < -0.4 is 18.9 Å². The van der Waals surface area contributed by atoms with E-state index in [0.29, 0.717) is 55.2 Å². The molecule has 1 amide bonds. The van der Waals surface area contributed by atoms with E-state index in [1.165, 1.54) is 0 Å². The van der Waals surface area contributed by atoms with Crippen LogP contribution in [0.5, 0.6) is 23.0 Å². The van der Waals surface area contributed by atoms with Gasteiger partial charge in [-0.15, -0.1) is 0 Å². The molecule has 2 aliphatic rings. The van der Waals surface area contributed by atoms with Crippen molar-refractivity contribution in [3.8, 4) is 23.0 Å². The van der Waals surface area contributed by atoms with Crippen molar-refractivity contribution in [3.63, 3.8) is 0 Å². The summed E-state index contributed by atoms with van der Waals surface area (Å²) in [6.45, 7) is 4.55. The molecule has 2 aliphatic heterocycles. The van der Waals surface area contributed by atoms with Crippen LogP contribution in [-0.4, -0.2) is 49.8 Å². The predicted molar refractivity (Wildman–Crippen MR) is 109 cm³/mol. The van der Waals surface area contributed by atoms with Crippen molar-refractivity contribution in [1.29, 1.82) is 0 Å². The van der Waals surface area contributed by atoms with Crippen molar-refractivity contribution < 1.29 is 23.7 Å². The SMILES string of the molecule is CCN(CC1COc2ccccc2O1)C(=O)Cc1cc(Cl)c2c(c1)OCCCO2. The molecule has 6 nitrogen and oxygen atoms in total. The Morgan fingerprint density at radius 1 is 1.10 bits per heavy atom. The van der Waals surface area contributed by atoms with Gasteiger partial charge in [0.2, 0.25) is 5.91 Å². The number of likely N-dealkylation sites (N-methyl/N-ethyl adjacent to an activating group) is 1. The molecular formula is C22H24ClNO5. The van der Waals surface area contributed by atoms with Gasteiger partial charge in [-0.1, -0.05) is 23.7 Å². The Morgan fingerprint density at radius 2 is 1.90 bits per heavy atom. The summed E-state index contributed by atoms with van der Waals surface area (Å²) < 4.78 is 23.1. The third kappa shape index (κ3) is 4.53. The summed E-state index contributed by atoms with van der Waals surface area (Å²) in [5, 5.41) is 0.468. The fraction of sp³-hybridized carbons (Fsp3) is 0.409. The monoisotopic (exact) mass is 417 g/mol. The number of ether oxygens (including phenoxy) is 4. The van der Waals surface area contributed by atoms with Gasteiger partial charge in [-0.25, -0.2) is 0 Å². The highest BCUT2D eigenvalue weighted by atomic mass is 35.5. The zero-order valence-electron chi connectivity index (χ0n) is 16.4. The molecule has 0 N–H and O–H groups in total. The quantitative estimate of drug-likeness (QED) is 0.741. The smallest absolute Gasteiger partial charge is 0.227 e. The maximum Gasteiger partial charge on any atom is 0.227 e. The van der Waals surface area contributed by atoms with Crippen molar-refractivity contribution in [3.05, 3.63) is 47.0 Å². The van der Waals surface area contributed by atoms with Gasteiger partial charge in [-0.3, -0.25) is 4.79 Å². The first kappa shape index (κ1) is 19.7. The molecule has 29 heavy (non-hydrogen) atoms. The average Bonchev–Trinajstić information content (AvgIpc) is 2.97. The average molecular weight is 418 g/mol. The molecule has 0 radical (unpaired) electrons. The summed E-state index contributed by atoms with van der Waals surface area (Å²) in [7, 11) is 0. The molecule has 1 unspecified atom stereocenters. The Hall–Kier alpha value is -2.60. The molecular weight excluding hydrogens is 394 g/mol. The minimum Gasteiger partial charge on any atom is -0.489 e. The zero-order valence-corrected chi connectivity index (χ0v) is 17.1. The largest absolute Gasteiger partial charge is 0.489 e. The Labute approximate surface area is 175 Å². The van der Waals surface area contributed by atoms with Crippen LogP contribution >= 0.6 is 11.6 Å². The molecule has 2 aromatic carbocycles. The highest BCUT2D eigenvalue weighted by Crippen LogP contribution is 2.38. The highest BCUT2D eigenvalue weighted by Gasteiger charge is 2.25. The third-order valence-electron chi connectivity index (χ3n) is 4.94. The van der Waals surface area contributed by atoms with Crippen molar-refractivity contribution >= 4 is 17.5 Å². The molecule has 0 saturated carbocycles. The fourth-order valence-corrected chi connectivity index (χ4v) is 3.77. The number of para-hydroxylation sites is 2. The summed E-state index contributed by atoms with van der Waals surface area (Å²) in [6.07, 6.45) is 0.824. The lowest BCUT2D eigenvalue weighted by atomic mass is 10.1. The van der Waals surface area contributed by atoms with Crippen molar-refractivity contribution in [2.75, 3.05) is 32.9 Å². The normalized spacial score (nSPS) is 17.4. The number of benzene rings is 2. The molecule has 7 heteroatoms. The molecule has 0 aromatic heterocycles. The highest BCUT2D eigenvalue weighted by molar-refractivity contribution is 6.32. The second kappa shape index (κ2) is 8.82. The molecule has 0 bridgehead atoms. The van der Waals surface area contributed by atoms with E-state index in [9.17, 15) is 4.79 Å². The number of halogens is 1. The van der Waals surface area contributed by atoms with Gasteiger partial charge >= 0.3 is 0 Å².